The number of carboxylic acid groups (broad SMARTS) is 1. The second kappa shape index (κ2) is 4.59. The van der Waals surface area contributed by atoms with Crippen LogP contribution in [0.25, 0.3) is 0 Å². The Bertz CT molecular complexity index is 403. The van der Waals surface area contributed by atoms with Crippen LogP contribution in [0.4, 0.5) is 4.79 Å². The van der Waals surface area contributed by atoms with Crippen molar-refractivity contribution in [1.82, 2.24) is 5.43 Å². The lowest BCUT2D eigenvalue weighted by Crippen LogP contribution is -2.46. The maximum atomic E-state index is 11.2. The van der Waals surface area contributed by atoms with Crippen LogP contribution in [0, 0.1) is 16.7 Å². The number of carboxylic acids is 1. The van der Waals surface area contributed by atoms with E-state index in [1.54, 1.807) is 6.92 Å². The number of nitrogens with two attached hydrogens (primary N) is 1. The number of hydrazone groups is 1. The lowest BCUT2D eigenvalue weighted by Gasteiger charge is -2.42. The summed E-state index contributed by atoms with van der Waals surface area (Å²) in [7, 11) is 0. The molecule has 1 aliphatic rings. The fourth-order valence-electron chi connectivity index (χ4n) is 2.82. The first kappa shape index (κ1) is 14.5. The van der Waals surface area contributed by atoms with Crippen molar-refractivity contribution in [2.45, 2.75) is 40.5 Å². The molecule has 0 spiro atoms. The van der Waals surface area contributed by atoms with E-state index in [1.807, 2.05) is 20.8 Å². The molecular weight excluding hydrogens is 234 g/mol. The fraction of sp³-hybridized carbons (Fsp3) is 0.750. The minimum absolute atomic E-state index is 0.403. The lowest BCUT2D eigenvalue weighted by atomic mass is 9.63. The normalized spacial score (nSPS) is 31.1. The van der Waals surface area contributed by atoms with Gasteiger partial charge >= 0.3 is 6.03 Å². The van der Waals surface area contributed by atoms with Gasteiger partial charge in [-0.1, -0.05) is 20.8 Å². The summed E-state index contributed by atoms with van der Waals surface area (Å²) in [5.74, 6) is -1.54. The third-order valence-corrected chi connectivity index (χ3v) is 4.64. The molecule has 1 rings (SSSR count). The van der Waals surface area contributed by atoms with Gasteiger partial charge in [0, 0.05) is 23.0 Å². The molecule has 0 radical (unpaired) electrons. The van der Waals surface area contributed by atoms with Crippen LogP contribution in [-0.2, 0) is 4.79 Å². The molecule has 0 aliphatic heterocycles. The third kappa shape index (κ3) is 2.19. The summed E-state index contributed by atoms with van der Waals surface area (Å²) in [6, 6.07) is -0.731. The van der Waals surface area contributed by atoms with Gasteiger partial charge in [0.25, 0.3) is 0 Å². The van der Waals surface area contributed by atoms with E-state index in [2.05, 4.69) is 10.5 Å². The number of rotatable bonds is 3. The van der Waals surface area contributed by atoms with E-state index < -0.39 is 28.7 Å². The standard InChI is InChI=1S/C12H21N3O3/c1-7(14-15-10(13)18)12(4)6-5-8(9(16)17)11(12,2)3/h8H,5-6H2,1-4H3,(H,16,17)(H3,13,15,18)/p-1/b14-7-/t8-,12+/m1/s1. The molecule has 0 unspecified atom stereocenters. The fourth-order valence-corrected chi connectivity index (χ4v) is 2.82. The van der Waals surface area contributed by atoms with Crippen LogP contribution in [0.2, 0.25) is 0 Å². The summed E-state index contributed by atoms with van der Waals surface area (Å²) in [6.07, 6.45) is 1.24. The molecule has 2 amide bonds. The van der Waals surface area contributed by atoms with Gasteiger partial charge < -0.3 is 15.6 Å². The number of amides is 2. The molecular formula is C12H20N3O3-. The predicted octanol–water partition coefficient (Wildman–Crippen LogP) is 0.223. The van der Waals surface area contributed by atoms with Crippen molar-refractivity contribution in [3.05, 3.63) is 0 Å². The van der Waals surface area contributed by atoms with Crippen molar-refractivity contribution < 1.29 is 14.7 Å². The Morgan fingerprint density at radius 2 is 1.94 bits per heavy atom. The SMILES string of the molecule is C/C(=N/NC(N)=O)[C@]1(C)CC[C@H](C(=O)[O-])C1(C)C. The van der Waals surface area contributed by atoms with Gasteiger partial charge in [-0.3, -0.25) is 0 Å². The minimum atomic E-state index is -1.03. The van der Waals surface area contributed by atoms with Crippen LogP contribution in [0.5, 0.6) is 0 Å². The Hall–Kier alpha value is -1.59. The van der Waals surface area contributed by atoms with Crippen LogP contribution in [-0.4, -0.2) is 17.7 Å². The average molecular weight is 254 g/mol. The van der Waals surface area contributed by atoms with E-state index >= 15 is 0 Å². The van der Waals surface area contributed by atoms with Crippen LogP contribution < -0.4 is 16.3 Å². The van der Waals surface area contributed by atoms with Gasteiger partial charge in [-0.05, 0) is 25.2 Å². The van der Waals surface area contributed by atoms with Crippen LogP contribution in [0.15, 0.2) is 5.10 Å². The molecule has 2 atom stereocenters. The van der Waals surface area contributed by atoms with E-state index in [-0.39, 0.29) is 0 Å². The zero-order chi connectivity index (χ0) is 14.1. The summed E-state index contributed by atoms with van der Waals surface area (Å²) >= 11 is 0. The van der Waals surface area contributed by atoms with Gasteiger partial charge in [0.05, 0.1) is 0 Å². The number of carbonyl (C=O) groups excluding carboxylic acids is 2. The molecule has 0 aromatic carbocycles. The van der Waals surface area contributed by atoms with Crippen LogP contribution in [0.3, 0.4) is 0 Å². The Labute approximate surface area is 107 Å². The highest BCUT2D eigenvalue weighted by Gasteiger charge is 2.53. The number of carbonyl (C=O) groups is 2. The molecule has 0 aromatic rings. The number of primary amides is 1. The maximum absolute atomic E-state index is 11.2. The average Bonchev–Trinajstić information content (AvgIpc) is 2.47. The first-order valence-electron chi connectivity index (χ1n) is 5.94. The zero-order valence-corrected chi connectivity index (χ0v) is 11.2. The number of hydrogen-bond acceptors (Lipinski definition) is 4. The van der Waals surface area contributed by atoms with Gasteiger partial charge in [0.2, 0.25) is 0 Å². The Kier molecular flexibility index (Phi) is 3.69. The summed E-state index contributed by atoms with van der Waals surface area (Å²) in [5.41, 5.74) is 6.94. The number of nitrogens with zero attached hydrogens (tertiary/aromatic N) is 1. The second-order valence-corrected chi connectivity index (χ2v) is 5.64. The van der Waals surface area contributed by atoms with E-state index in [1.165, 1.54) is 0 Å². The molecule has 0 heterocycles. The highest BCUT2D eigenvalue weighted by atomic mass is 16.4. The smallest absolute Gasteiger partial charge is 0.332 e. The van der Waals surface area contributed by atoms with Crippen molar-refractivity contribution in [2.75, 3.05) is 0 Å². The summed E-state index contributed by atoms with van der Waals surface area (Å²) in [5, 5.41) is 15.1. The van der Waals surface area contributed by atoms with E-state index in [4.69, 9.17) is 5.73 Å². The van der Waals surface area contributed by atoms with Gasteiger partial charge in [-0.15, -0.1) is 0 Å². The molecule has 1 saturated carbocycles. The quantitative estimate of drug-likeness (QED) is 0.555. The van der Waals surface area contributed by atoms with Crippen molar-refractivity contribution in [3.63, 3.8) is 0 Å². The Morgan fingerprint density at radius 3 is 2.33 bits per heavy atom. The molecule has 102 valence electrons. The van der Waals surface area contributed by atoms with E-state index in [0.29, 0.717) is 18.6 Å². The van der Waals surface area contributed by atoms with Crippen LogP contribution in [0.1, 0.15) is 40.5 Å². The number of nitrogens with one attached hydrogen (secondary N) is 1. The lowest BCUT2D eigenvalue weighted by molar-refractivity contribution is -0.314. The molecule has 3 N–H and O–H groups in total. The highest BCUT2D eigenvalue weighted by Crippen LogP contribution is 2.56. The topological polar surface area (TPSA) is 108 Å². The monoisotopic (exact) mass is 254 g/mol. The predicted molar refractivity (Wildman–Crippen MR) is 65.4 cm³/mol. The van der Waals surface area contributed by atoms with Gasteiger partial charge in [-0.25, -0.2) is 10.2 Å². The van der Waals surface area contributed by atoms with Crippen molar-refractivity contribution in [3.8, 4) is 0 Å². The minimum Gasteiger partial charge on any atom is -0.550 e. The second-order valence-electron chi connectivity index (χ2n) is 5.64. The highest BCUT2D eigenvalue weighted by molar-refractivity contribution is 5.90. The third-order valence-electron chi connectivity index (χ3n) is 4.64. The van der Waals surface area contributed by atoms with Gasteiger partial charge in [0.15, 0.2) is 0 Å². The summed E-state index contributed by atoms with van der Waals surface area (Å²) < 4.78 is 0. The largest absolute Gasteiger partial charge is 0.550 e. The summed E-state index contributed by atoms with van der Waals surface area (Å²) in [6.45, 7) is 7.51. The molecule has 0 bridgehead atoms. The molecule has 6 nitrogen and oxygen atoms in total. The first-order chi connectivity index (χ1) is 8.13. The molecule has 1 fully saturated rings. The van der Waals surface area contributed by atoms with Crippen molar-refractivity contribution >= 4 is 17.7 Å². The Balaban J connectivity index is 3.04. The molecule has 1 aliphatic carbocycles. The van der Waals surface area contributed by atoms with Crippen LogP contribution >= 0.6 is 0 Å². The summed E-state index contributed by atoms with van der Waals surface area (Å²) in [4.78, 5) is 21.8. The number of hydrogen-bond donors (Lipinski definition) is 2. The van der Waals surface area contributed by atoms with Gasteiger partial charge in [-0.2, -0.15) is 5.10 Å². The van der Waals surface area contributed by atoms with Gasteiger partial charge in [0.1, 0.15) is 0 Å². The molecule has 0 aromatic heterocycles. The molecule has 6 heteroatoms. The van der Waals surface area contributed by atoms with Crippen molar-refractivity contribution in [1.29, 1.82) is 0 Å². The Morgan fingerprint density at radius 1 is 1.39 bits per heavy atom. The van der Waals surface area contributed by atoms with E-state index in [0.717, 1.165) is 0 Å². The number of urea groups is 1. The van der Waals surface area contributed by atoms with E-state index in [9.17, 15) is 14.7 Å². The maximum Gasteiger partial charge on any atom is 0.332 e. The molecule has 18 heavy (non-hydrogen) atoms. The first-order valence-corrected chi connectivity index (χ1v) is 5.94. The zero-order valence-electron chi connectivity index (χ0n) is 11.2. The van der Waals surface area contributed by atoms with Crippen molar-refractivity contribution in [2.24, 2.45) is 27.6 Å². The molecule has 0 saturated heterocycles. The number of aliphatic carboxylic acids is 1.